The molecule has 0 atom stereocenters. The quantitative estimate of drug-likeness (QED) is 0.643. The van der Waals surface area contributed by atoms with Gasteiger partial charge in [0, 0.05) is 11.2 Å². The maximum absolute atomic E-state index is 12.4. The van der Waals surface area contributed by atoms with E-state index in [1.54, 1.807) is 24.3 Å². The van der Waals surface area contributed by atoms with E-state index in [0.717, 1.165) is 11.6 Å². The molecular formula is C13H8Cl2F3N3. The van der Waals surface area contributed by atoms with Crippen molar-refractivity contribution in [1.29, 1.82) is 0 Å². The first-order chi connectivity index (χ1) is 9.86. The average molecular weight is 334 g/mol. The Hall–Kier alpha value is -1.79. The number of anilines is 1. The normalized spacial score (nSPS) is 11.9. The molecule has 0 fully saturated rings. The molecule has 0 radical (unpaired) electrons. The van der Waals surface area contributed by atoms with Crippen LogP contribution in [0.4, 0.5) is 19.0 Å². The van der Waals surface area contributed by atoms with Crippen molar-refractivity contribution in [2.75, 3.05) is 5.43 Å². The summed E-state index contributed by atoms with van der Waals surface area (Å²) in [6.07, 6.45) is -2.33. The molecule has 1 heterocycles. The SMILES string of the molecule is FC(F)(F)c1cnc(N/N=C/c2ccc(Cl)cc2)c(Cl)c1. The first-order valence-electron chi connectivity index (χ1n) is 5.63. The zero-order valence-electron chi connectivity index (χ0n) is 10.3. The molecule has 0 aliphatic rings. The van der Waals surface area contributed by atoms with Crippen LogP contribution in [0.1, 0.15) is 11.1 Å². The minimum absolute atomic E-state index is 0.0369. The van der Waals surface area contributed by atoms with Crippen molar-refractivity contribution in [1.82, 2.24) is 4.98 Å². The highest BCUT2D eigenvalue weighted by molar-refractivity contribution is 6.33. The first-order valence-corrected chi connectivity index (χ1v) is 6.39. The van der Waals surface area contributed by atoms with E-state index < -0.39 is 11.7 Å². The predicted octanol–water partition coefficient (Wildman–Crippen LogP) is 4.85. The molecule has 0 amide bonds. The van der Waals surface area contributed by atoms with E-state index in [9.17, 15) is 13.2 Å². The number of hydrogen-bond acceptors (Lipinski definition) is 3. The molecule has 2 rings (SSSR count). The van der Waals surface area contributed by atoms with Gasteiger partial charge < -0.3 is 0 Å². The number of rotatable bonds is 3. The second-order valence-electron chi connectivity index (χ2n) is 3.97. The third-order valence-corrected chi connectivity index (χ3v) is 2.96. The second kappa shape index (κ2) is 6.32. The molecule has 0 bridgehead atoms. The Morgan fingerprint density at radius 2 is 1.81 bits per heavy atom. The molecule has 1 aromatic carbocycles. The van der Waals surface area contributed by atoms with E-state index in [1.165, 1.54) is 6.21 Å². The van der Waals surface area contributed by atoms with Gasteiger partial charge in [0.2, 0.25) is 0 Å². The van der Waals surface area contributed by atoms with Gasteiger partial charge in [-0.25, -0.2) is 4.98 Å². The average Bonchev–Trinajstić information content (AvgIpc) is 2.41. The highest BCUT2D eigenvalue weighted by Crippen LogP contribution is 2.32. The monoisotopic (exact) mass is 333 g/mol. The molecule has 2 aromatic rings. The van der Waals surface area contributed by atoms with Crippen molar-refractivity contribution < 1.29 is 13.2 Å². The number of benzene rings is 1. The molecule has 0 saturated carbocycles. The molecule has 1 N–H and O–H groups in total. The van der Waals surface area contributed by atoms with Crippen LogP contribution < -0.4 is 5.43 Å². The van der Waals surface area contributed by atoms with Gasteiger partial charge in [-0.05, 0) is 23.8 Å². The number of hydrazone groups is 1. The molecule has 0 saturated heterocycles. The summed E-state index contributed by atoms with van der Waals surface area (Å²) in [5.74, 6) is 0.0369. The van der Waals surface area contributed by atoms with E-state index in [4.69, 9.17) is 23.2 Å². The van der Waals surface area contributed by atoms with Crippen molar-refractivity contribution in [3.05, 3.63) is 57.7 Å². The van der Waals surface area contributed by atoms with E-state index in [0.29, 0.717) is 11.2 Å². The van der Waals surface area contributed by atoms with E-state index >= 15 is 0 Å². The number of alkyl halides is 3. The largest absolute Gasteiger partial charge is 0.417 e. The van der Waals surface area contributed by atoms with Gasteiger partial charge in [0.25, 0.3) is 0 Å². The van der Waals surface area contributed by atoms with Crippen LogP contribution in [-0.2, 0) is 6.18 Å². The van der Waals surface area contributed by atoms with E-state index in [1.807, 2.05) is 0 Å². The Labute approximate surface area is 128 Å². The number of nitrogens with zero attached hydrogens (tertiary/aromatic N) is 2. The summed E-state index contributed by atoms with van der Waals surface area (Å²) >= 11 is 11.5. The highest BCUT2D eigenvalue weighted by atomic mass is 35.5. The fourth-order valence-electron chi connectivity index (χ4n) is 1.39. The Morgan fingerprint density at radius 1 is 1.14 bits per heavy atom. The smallest absolute Gasteiger partial charge is 0.260 e. The summed E-state index contributed by atoms with van der Waals surface area (Å²) in [6, 6.07) is 7.62. The third kappa shape index (κ3) is 4.34. The van der Waals surface area contributed by atoms with Crippen LogP contribution in [-0.4, -0.2) is 11.2 Å². The molecule has 3 nitrogen and oxygen atoms in total. The number of hydrogen-bond donors (Lipinski definition) is 1. The summed E-state index contributed by atoms with van der Waals surface area (Å²) < 4.78 is 37.3. The zero-order chi connectivity index (χ0) is 15.5. The standard InChI is InChI=1S/C13H8Cl2F3N3/c14-10-3-1-8(2-4-10)6-20-21-12-11(15)5-9(7-19-12)13(16,17)18/h1-7H,(H,19,21)/b20-6+. The molecule has 110 valence electrons. The summed E-state index contributed by atoms with van der Waals surface area (Å²) in [6.45, 7) is 0. The number of pyridine rings is 1. The van der Waals surface area contributed by atoms with Gasteiger partial charge in [0.05, 0.1) is 16.8 Å². The lowest BCUT2D eigenvalue weighted by Crippen LogP contribution is -2.06. The van der Waals surface area contributed by atoms with E-state index in [-0.39, 0.29) is 10.8 Å². The van der Waals surface area contributed by atoms with Crippen LogP contribution in [0.2, 0.25) is 10.0 Å². The summed E-state index contributed by atoms with van der Waals surface area (Å²) in [4.78, 5) is 3.59. The van der Waals surface area contributed by atoms with Crippen molar-refractivity contribution >= 4 is 35.2 Å². The lowest BCUT2D eigenvalue weighted by Gasteiger charge is -2.08. The van der Waals surface area contributed by atoms with Crippen LogP contribution in [0.3, 0.4) is 0 Å². The lowest BCUT2D eigenvalue weighted by atomic mass is 10.2. The van der Waals surface area contributed by atoms with Gasteiger partial charge >= 0.3 is 6.18 Å². The van der Waals surface area contributed by atoms with Gasteiger partial charge in [0.15, 0.2) is 5.82 Å². The van der Waals surface area contributed by atoms with Gasteiger partial charge in [-0.15, -0.1) is 0 Å². The van der Waals surface area contributed by atoms with Crippen LogP contribution in [0, 0.1) is 0 Å². The Balaban J connectivity index is 2.08. The van der Waals surface area contributed by atoms with Crippen molar-refractivity contribution in [2.24, 2.45) is 5.10 Å². The summed E-state index contributed by atoms with van der Waals surface area (Å²) in [5.41, 5.74) is 2.32. The second-order valence-corrected chi connectivity index (χ2v) is 4.82. The van der Waals surface area contributed by atoms with Crippen molar-refractivity contribution in [3.8, 4) is 0 Å². The Bertz CT molecular complexity index is 655. The maximum Gasteiger partial charge on any atom is 0.417 e. The molecular weight excluding hydrogens is 326 g/mol. The van der Waals surface area contributed by atoms with Gasteiger partial charge in [-0.2, -0.15) is 18.3 Å². The Kier molecular flexibility index (Phi) is 4.69. The summed E-state index contributed by atoms with van der Waals surface area (Å²) in [5, 5.41) is 4.27. The van der Waals surface area contributed by atoms with Crippen LogP contribution in [0.25, 0.3) is 0 Å². The lowest BCUT2D eigenvalue weighted by molar-refractivity contribution is -0.137. The number of aromatic nitrogens is 1. The van der Waals surface area contributed by atoms with Gasteiger partial charge in [-0.3, -0.25) is 5.43 Å². The molecule has 0 aliphatic carbocycles. The van der Waals surface area contributed by atoms with Crippen LogP contribution in [0.5, 0.6) is 0 Å². The van der Waals surface area contributed by atoms with Crippen LogP contribution in [0.15, 0.2) is 41.6 Å². The maximum atomic E-state index is 12.4. The highest BCUT2D eigenvalue weighted by Gasteiger charge is 2.31. The molecule has 8 heteroatoms. The predicted molar refractivity (Wildman–Crippen MR) is 76.9 cm³/mol. The topological polar surface area (TPSA) is 37.3 Å². The third-order valence-electron chi connectivity index (χ3n) is 2.42. The van der Waals surface area contributed by atoms with Crippen molar-refractivity contribution in [3.63, 3.8) is 0 Å². The molecule has 0 unspecified atom stereocenters. The minimum atomic E-state index is -4.48. The molecule has 0 spiro atoms. The Morgan fingerprint density at radius 3 is 2.38 bits per heavy atom. The minimum Gasteiger partial charge on any atom is -0.260 e. The molecule has 0 aliphatic heterocycles. The van der Waals surface area contributed by atoms with Crippen LogP contribution >= 0.6 is 23.2 Å². The molecule has 1 aromatic heterocycles. The number of nitrogens with one attached hydrogen (secondary N) is 1. The zero-order valence-corrected chi connectivity index (χ0v) is 11.8. The van der Waals surface area contributed by atoms with Gasteiger partial charge in [-0.1, -0.05) is 35.3 Å². The van der Waals surface area contributed by atoms with E-state index in [2.05, 4.69) is 15.5 Å². The fourth-order valence-corrected chi connectivity index (χ4v) is 1.73. The number of halogens is 5. The molecule has 21 heavy (non-hydrogen) atoms. The van der Waals surface area contributed by atoms with Gasteiger partial charge in [0.1, 0.15) is 0 Å². The summed E-state index contributed by atoms with van der Waals surface area (Å²) in [7, 11) is 0. The van der Waals surface area contributed by atoms with Crippen molar-refractivity contribution in [2.45, 2.75) is 6.18 Å². The fraction of sp³-hybridized carbons (Fsp3) is 0.0769. The first kappa shape index (κ1) is 15.6.